The van der Waals surface area contributed by atoms with E-state index in [0.29, 0.717) is 0 Å². The second-order valence-electron chi connectivity index (χ2n) is 4.07. The number of anilines is 1. The highest BCUT2D eigenvalue weighted by atomic mass is 19.1. The maximum atomic E-state index is 13.5. The second kappa shape index (κ2) is 5.41. The number of nitrogens with zero attached hydrogens (tertiary/aromatic N) is 1. The van der Waals surface area contributed by atoms with Gasteiger partial charge in [-0.05, 0) is 24.1 Å². The molecule has 17 heavy (non-hydrogen) atoms. The van der Waals surface area contributed by atoms with Crippen LogP contribution >= 0.6 is 0 Å². The van der Waals surface area contributed by atoms with Crippen LogP contribution < -0.4 is 11.1 Å². The number of nitrogens with two attached hydrogens (primary N) is 1. The number of benzene rings is 1. The minimum absolute atomic E-state index is 0.0311. The van der Waals surface area contributed by atoms with E-state index in [1.54, 1.807) is 13.8 Å². The van der Waals surface area contributed by atoms with Crippen LogP contribution in [0.25, 0.3) is 0 Å². The lowest BCUT2D eigenvalue weighted by atomic mass is 10.0. The van der Waals surface area contributed by atoms with Crippen LogP contribution in [0.4, 0.5) is 10.1 Å². The average Bonchev–Trinajstić information content (AvgIpc) is 2.30. The molecule has 0 heterocycles. The van der Waals surface area contributed by atoms with Gasteiger partial charge in [0.15, 0.2) is 0 Å². The monoisotopic (exact) mass is 235 g/mol. The maximum Gasteiger partial charge on any atom is 0.241 e. The minimum Gasteiger partial charge on any atom is -0.322 e. The zero-order valence-electron chi connectivity index (χ0n) is 9.70. The maximum absolute atomic E-state index is 13.5. The van der Waals surface area contributed by atoms with E-state index < -0.39 is 17.8 Å². The first kappa shape index (κ1) is 13.1. The largest absolute Gasteiger partial charge is 0.322 e. The topological polar surface area (TPSA) is 78.9 Å². The molecule has 4 nitrogen and oxygen atoms in total. The van der Waals surface area contributed by atoms with Gasteiger partial charge in [-0.2, -0.15) is 5.26 Å². The standard InChI is InChI=1S/C12H14FN3O/c1-7(2)11(15)12(17)16-10-4-3-8(6-14)5-9(10)13/h3-5,7,11H,15H2,1-2H3,(H,16,17)/t11-/m0/s1. The van der Waals surface area contributed by atoms with Gasteiger partial charge in [-0.15, -0.1) is 0 Å². The van der Waals surface area contributed by atoms with Crippen molar-refractivity contribution in [3.63, 3.8) is 0 Å². The first-order chi connectivity index (χ1) is 7.95. The van der Waals surface area contributed by atoms with Gasteiger partial charge in [0.05, 0.1) is 23.4 Å². The van der Waals surface area contributed by atoms with E-state index in [1.807, 2.05) is 6.07 Å². The van der Waals surface area contributed by atoms with Gasteiger partial charge in [-0.3, -0.25) is 4.79 Å². The molecular formula is C12H14FN3O. The number of hydrogen-bond acceptors (Lipinski definition) is 3. The number of hydrogen-bond donors (Lipinski definition) is 2. The molecule has 0 fully saturated rings. The van der Waals surface area contributed by atoms with Gasteiger partial charge in [0.1, 0.15) is 5.82 Å². The van der Waals surface area contributed by atoms with Crippen molar-refractivity contribution < 1.29 is 9.18 Å². The average molecular weight is 235 g/mol. The summed E-state index contributed by atoms with van der Waals surface area (Å²) in [4.78, 5) is 11.6. The molecule has 0 radical (unpaired) electrons. The third-order valence-electron chi connectivity index (χ3n) is 2.38. The molecule has 0 saturated carbocycles. The van der Waals surface area contributed by atoms with Crippen molar-refractivity contribution in [3.8, 4) is 6.07 Å². The van der Waals surface area contributed by atoms with Crippen molar-refractivity contribution in [2.45, 2.75) is 19.9 Å². The summed E-state index contributed by atoms with van der Waals surface area (Å²) < 4.78 is 13.5. The first-order valence-corrected chi connectivity index (χ1v) is 5.21. The normalized spacial score (nSPS) is 12.0. The van der Waals surface area contributed by atoms with Crippen LogP contribution in [0, 0.1) is 23.1 Å². The molecule has 0 saturated heterocycles. The summed E-state index contributed by atoms with van der Waals surface area (Å²) in [7, 11) is 0. The Morgan fingerprint density at radius 3 is 2.65 bits per heavy atom. The predicted molar refractivity (Wildman–Crippen MR) is 62.6 cm³/mol. The molecule has 5 heteroatoms. The van der Waals surface area contributed by atoms with E-state index in [0.717, 1.165) is 6.07 Å². The van der Waals surface area contributed by atoms with Gasteiger partial charge in [-0.25, -0.2) is 4.39 Å². The lowest BCUT2D eigenvalue weighted by molar-refractivity contribution is -0.118. The SMILES string of the molecule is CC(C)[C@H](N)C(=O)Nc1ccc(C#N)cc1F. The number of carbonyl (C=O) groups is 1. The summed E-state index contributed by atoms with van der Waals surface area (Å²) >= 11 is 0. The molecule has 1 aromatic rings. The van der Waals surface area contributed by atoms with Gasteiger partial charge < -0.3 is 11.1 Å². The Morgan fingerprint density at radius 1 is 1.53 bits per heavy atom. The molecule has 1 aromatic carbocycles. The third-order valence-corrected chi connectivity index (χ3v) is 2.38. The summed E-state index contributed by atoms with van der Waals surface area (Å²) in [6.45, 7) is 3.61. The zero-order chi connectivity index (χ0) is 13.0. The lowest BCUT2D eigenvalue weighted by Gasteiger charge is -2.15. The molecule has 0 aliphatic heterocycles. The van der Waals surface area contributed by atoms with Crippen LogP contribution in [0.5, 0.6) is 0 Å². The van der Waals surface area contributed by atoms with Crippen molar-refractivity contribution in [3.05, 3.63) is 29.6 Å². The number of nitriles is 1. The number of carbonyl (C=O) groups excluding carboxylic acids is 1. The van der Waals surface area contributed by atoms with E-state index in [1.165, 1.54) is 12.1 Å². The fraction of sp³-hybridized carbons (Fsp3) is 0.333. The molecule has 0 unspecified atom stereocenters. The molecule has 0 aliphatic rings. The number of rotatable bonds is 3. The van der Waals surface area contributed by atoms with Crippen LogP contribution in [0.1, 0.15) is 19.4 Å². The molecular weight excluding hydrogens is 221 g/mol. The van der Waals surface area contributed by atoms with Crippen LogP contribution in [-0.2, 0) is 4.79 Å². The Hall–Kier alpha value is -1.93. The van der Waals surface area contributed by atoms with Crippen molar-refractivity contribution in [2.24, 2.45) is 11.7 Å². The Kier molecular flexibility index (Phi) is 4.18. The van der Waals surface area contributed by atoms with E-state index in [4.69, 9.17) is 11.0 Å². The molecule has 0 bridgehead atoms. The molecule has 1 rings (SSSR count). The summed E-state index contributed by atoms with van der Waals surface area (Å²) in [5.74, 6) is -1.12. The second-order valence-corrected chi connectivity index (χ2v) is 4.07. The van der Waals surface area contributed by atoms with Crippen molar-refractivity contribution >= 4 is 11.6 Å². The number of amides is 1. The van der Waals surface area contributed by atoms with Crippen molar-refractivity contribution in [1.29, 1.82) is 5.26 Å². The smallest absolute Gasteiger partial charge is 0.241 e. The minimum atomic E-state index is -0.690. The molecule has 0 aromatic heterocycles. The van der Waals surface area contributed by atoms with Crippen LogP contribution in [0.15, 0.2) is 18.2 Å². The van der Waals surface area contributed by atoms with Crippen molar-refractivity contribution in [1.82, 2.24) is 0 Å². The van der Waals surface area contributed by atoms with Crippen LogP contribution in [0.2, 0.25) is 0 Å². The Labute approximate surface area is 99.2 Å². The quantitative estimate of drug-likeness (QED) is 0.835. The Morgan fingerprint density at radius 2 is 2.18 bits per heavy atom. The summed E-state index contributed by atoms with van der Waals surface area (Å²) in [5, 5.41) is 11.0. The van der Waals surface area contributed by atoms with Gasteiger partial charge in [0.25, 0.3) is 0 Å². The highest BCUT2D eigenvalue weighted by Crippen LogP contribution is 2.16. The Balaban J connectivity index is 2.83. The van der Waals surface area contributed by atoms with E-state index in [-0.39, 0.29) is 17.2 Å². The fourth-order valence-electron chi connectivity index (χ4n) is 1.20. The summed E-state index contributed by atoms with van der Waals surface area (Å²) in [6, 6.07) is 4.96. The predicted octanol–water partition coefficient (Wildman–Crippen LogP) is 1.62. The highest BCUT2D eigenvalue weighted by Gasteiger charge is 2.18. The van der Waals surface area contributed by atoms with E-state index >= 15 is 0 Å². The molecule has 3 N–H and O–H groups in total. The summed E-state index contributed by atoms with van der Waals surface area (Å²) in [6.07, 6.45) is 0. The van der Waals surface area contributed by atoms with Gasteiger partial charge in [0, 0.05) is 0 Å². The molecule has 0 spiro atoms. The molecule has 0 aliphatic carbocycles. The van der Waals surface area contributed by atoms with Crippen LogP contribution in [-0.4, -0.2) is 11.9 Å². The first-order valence-electron chi connectivity index (χ1n) is 5.21. The molecule has 90 valence electrons. The number of nitrogens with one attached hydrogen (secondary N) is 1. The lowest BCUT2D eigenvalue weighted by Crippen LogP contribution is -2.39. The van der Waals surface area contributed by atoms with Gasteiger partial charge >= 0.3 is 0 Å². The zero-order valence-corrected chi connectivity index (χ0v) is 9.70. The van der Waals surface area contributed by atoms with Gasteiger partial charge in [0.2, 0.25) is 5.91 Å². The van der Waals surface area contributed by atoms with E-state index in [9.17, 15) is 9.18 Å². The fourth-order valence-corrected chi connectivity index (χ4v) is 1.20. The van der Waals surface area contributed by atoms with E-state index in [2.05, 4.69) is 5.32 Å². The van der Waals surface area contributed by atoms with Gasteiger partial charge in [-0.1, -0.05) is 13.8 Å². The van der Waals surface area contributed by atoms with Crippen LogP contribution in [0.3, 0.4) is 0 Å². The third kappa shape index (κ3) is 3.26. The highest BCUT2D eigenvalue weighted by molar-refractivity contribution is 5.94. The Bertz CT molecular complexity index is 465. The summed E-state index contributed by atoms with van der Waals surface area (Å²) in [5.41, 5.74) is 5.86. The van der Waals surface area contributed by atoms with Crippen molar-refractivity contribution in [2.75, 3.05) is 5.32 Å². The number of halogens is 1. The molecule has 1 atom stereocenters. The molecule has 1 amide bonds.